The number of benzene rings is 12. The highest BCUT2D eigenvalue weighted by molar-refractivity contribution is 6.17. The molecule has 0 atom stereocenters. The van der Waals surface area contributed by atoms with Crippen LogP contribution in [0, 0.1) is 0 Å². The van der Waals surface area contributed by atoms with Crippen molar-refractivity contribution in [3.63, 3.8) is 0 Å². The standard InChI is InChI=1S/C68H44N4/c1-5-19-49(20-6-1)69(65-33-17-29-57-55-27-13-15-31-63(55)71(67(57)65)51-23-9-3-10-24-51)53-37-35-45-41-59-60-42-46-36-38-54(40-48(46)44-62(60)61(59)43-47(45)39-53)70(50-21-7-2-8-22-50)66-34-18-30-58-56-28-14-16-32-64(56)72(68(58)66)52-25-11-4-12-26-52/h1-44H. The third-order valence-corrected chi connectivity index (χ3v) is 14.9. The third kappa shape index (κ3) is 6.12. The van der Waals surface area contributed by atoms with Crippen LogP contribution in [0.25, 0.3) is 98.8 Å². The molecule has 0 spiro atoms. The molecule has 0 saturated carbocycles. The highest BCUT2D eigenvalue weighted by Gasteiger charge is 2.27. The van der Waals surface area contributed by atoms with E-state index in [1.807, 2.05) is 0 Å². The van der Waals surface area contributed by atoms with Gasteiger partial charge in [0.25, 0.3) is 0 Å². The second-order valence-electron chi connectivity index (χ2n) is 18.9. The molecule has 2 heterocycles. The lowest BCUT2D eigenvalue weighted by molar-refractivity contribution is 1.17. The highest BCUT2D eigenvalue weighted by Crippen LogP contribution is 2.52. The van der Waals surface area contributed by atoms with Gasteiger partial charge in [-0.25, -0.2) is 0 Å². The highest BCUT2D eigenvalue weighted by atomic mass is 15.2. The van der Waals surface area contributed by atoms with Crippen LogP contribution in [0.15, 0.2) is 267 Å². The fourth-order valence-corrected chi connectivity index (χ4v) is 11.7. The summed E-state index contributed by atoms with van der Waals surface area (Å²) in [6, 6.07) is 97.6. The molecule has 14 aromatic rings. The molecular weight excluding hydrogens is 873 g/mol. The SMILES string of the molecule is c1ccc(N(c2ccc3cc4c(cc3c2)-c2cc3cc(N(c5ccccc5)c5cccc6c7ccccc7n(-c7ccccc7)c56)ccc3cc2-4)c2cccc3c4ccccc4n(-c4ccccc4)c23)cc1. The molecule has 15 rings (SSSR count). The zero-order valence-electron chi connectivity index (χ0n) is 39.2. The predicted molar refractivity (Wildman–Crippen MR) is 304 cm³/mol. The van der Waals surface area contributed by atoms with Crippen molar-refractivity contribution in [1.82, 2.24) is 9.13 Å². The van der Waals surface area contributed by atoms with Crippen LogP contribution < -0.4 is 9.80 Å². The fourth-order valence-electron chi connectivity index (χ4n) is 11.7. The van der Waals surface area contributed by atoms with Crippen molar-refractivity contribution in [2.75, 3.05) is 9.80 Å². The Morgan fingerprint density at radius 1 is 0.236 bits per heavy atom. The second kappa shape index (κ2) is 16.0. The van der Waals surface area contributed by atoms with Gasteiger partial charge in [0.05, 0.1) is 33.4 Å². The van der Waals surface area contributed by atoms with E-state index in [1.54, 1.807) is 0 Å². The van der Waals surface area contributed by atoms with E-state index in [9.17, 15) is 0 Å². The Morgan fingerprint density at radius 2 is 0.583 bits per heavy atom. The summed E-state index contributed by atoms with van der Waals surface area (Å²) in [7, 11) is 0. The quantitative estimate of drug-likeness (QED) is 0.151. The second-order valence-corrected chi connectivity index (χ2v) is 18.9. The smallest absolute Gasteiger partial charge is 0.0782 e. The number of hydrogen-bond acceptors (Lipinski definition) is 2. The molecule has 0 bridgehead atoms. The summed E-state index contributed by atoms with van der Waals surface area (Å²) in [6.45, 7) is 0. The molecule has 12 aromatic carbocycles. The fraction of sp³-hybridized carbons (Fsp3) is 0. The van der Waals surface area contributed by atoms with Crippen LogP contribution in [0.1, 0.15) is 0 Å². The van der Waals surface area contributed by atoms with E-state index in [4.69, 9.17) is 0 Å². The molecule has 4 nitrogen and oxygen atoms in total. The van der Waals surface area contributed by atoms with Crippen LogP contribution in [0.4, 0.5) is 34.1 Å². The van der Waals surface area contributed by atoms with E-state index in [-0.39, 0.29) is 0 Å². The van der Waals surface area contributed by atoms with Gasteiger partial charge < -0.3 is 18.9 Å². The van der Waals surface area contributed by atoms with E-state index in [2.05, 4.69) is 286 Å². The number of aromatic nitrogens is 2. The Kier molecular flexibility index (Phi) is 8.92. The van der Waals surface area contributed by atoms with Crippen molar-refractivity contribution in [2.45, 2.75) is 0 Å². The van der Waals surface area contributed by atoms with E-state index < -0.39 is 0 Å². The van der Waals surface area contributed by atoms with Gasteiger partial charge in [0, 0.05) is 55.7 Å². The lowest BCUT2D eigenvalue weighted by Gasteiger charge is -2.29. The van der Waals surface area contributed by atoms with Crippen LogP contribution in [-0.4, -0.2) is 9.13 Å². The summed E-state index contributed by atoms with van der Waals surface area (Å²) in [6.07, 6.45) is 0. The van der Waals surface area contributed by atoms with Crippen molar-refractivity contribution < 1.29 is 0 Å². The average molecular weight is 917 g/mol. The first-order valence-corrected chi connectivity index (χ1v) is 24.8. The van der Waals surface area contributed by atoms with Crippen LogP contribution in [0.5, 0.6) is 0 Å². The Balaban J connectivity index is 0.871. The Morgan fingerprint density at radius 3 is 1.00 bits per heavy atom. The molecule has 1 aliphatic rings. The number of para-hydroxylation sites is 8. The summed E-state index contributed by atoms with van der Waals surface area (Å²) < 4.78 is 4.85. The summed E-state index contributed by atoms with van der Waals surface area (Å²) in [5.41, 5.74) is 18.9. The largest absolute Gasteiger partial charge is 0.308 e. The molecule has 0 radical (unpaired) electrons. The first-order chi connectivity index (χ1) is 35.7. The van der Waals surface area contributed by atoms with Gasteiger partial charge in [-0.05, 0) is 165 Å². The number of nitrogens with zero attached hydrogens (tertiary/aromatic N) is 4. The van der Waals surface area contributed by atoms with Gasteiger partial charge in [0.1, 0.15) is 0 Å². The number of anilines is 6. The van der Waals surface area contributed by atoms with Gasteiger partial charge in [-0.1, -0.05) is 146 Å². The van der Waals surface area contributed by atoms with Crippen molar-refractivity contribution in [3.05, 3.63) is 267 Å². The van der Waals surface area contributed by atoms with Gasteiger partial charge in [0.15, 0.2) is 0 Å². The molecule has 0 fully saturated rings. The first-order valence-electron chi connectivity index (χ1n) is 24.8. The van der Waals surface area contributed by atoms with Gasteiger partial charge in [-0.2, -0.15) is 0 Å². The van der Waals surface area contributed by atoms with Gasteiger partial charge in [-0.3, -0.25) is 0 Å². The molecule has 0 amide bonds. The van der Waals surface area contributed by atoms with Crippen molar-refractivity contribution >= 4 is 99.3 Å². The molecule has 0 unspecified atom stereocenters. The molecular formula is C68H44N4. The van der Waals surface area contributed by atoms with Crippen molar-refractivity contribution in [2.24, 2.45) is 0 Å². The Labute approximate surface area is 416 Å². The van der Waals surface area contributed by atoms with Gasteiger partial charge >= 0.3 is 0 Å². The maximum Gasteiger partial charge on any atom is 0.0782 e. The number of fused-ring (bicyclic) bond motifs is 12. The van der Waals surface area contributed by atoms with Crippen LogP contribution in [0.3, 0.4) is 0 Å². The average Bonchev–Trinajstić information content (AvgIpc) is 3.97. The normalized spacial score (nSPS) is 11.9. The van der Waals surface area contributed by atoms with E-state index in [0.29, 0.717) is 0 Å². The molecule has 4 heteroatoms. The maximum atomic E-state index is 2.43. The molecule has 0 N–H and O–H groups in total. The van der Waals surface area contributed by atoms with Crippen LogP contribution in [-0.2, 0) is 0 Å². The summed E-state index contributed by atoms with van der Waals surface area (Å²) in [4.78, 5) is 4.86. The van der Waals surface area contributed by atoms with Gasteiger partial charge in [-0.15, -0.1) is 0 Å². The van der Waals surface area contributed by atoms with E-state index in [1.165, 1.54) is 87.4 Å². The molecule has 336 valence electrons. The van der Waals surface area contributed by atoms with E-state index >= 15 is 0 Å². The molecule has 72 heavy (non-hydrogen) atoms. The lowest BCUT2D eigenvalue weighted by atomic mass is 9.78. The minimum Gasteiger partial charge on any atom is -0.308 e. The van der Waals surface area contributed by atoms with Gasteiger partial charge in [0.2, 0.25) is 0 Å². The number of hydrogen-bond donors (Lipinski definition) is 0. The third-order valence-electron chi connectivity index (χ3n) is 14.9. The lowest BCUT2D eigenvalue weighted by Crippen LogP contribution is -2.12. The minimum atomic E-state index is 1.10. The van der Waals surface area contributed by atoms with Crippen molar-refractivity contribution in [1.29, 1.82) is 0 Å². The Hall–Kier alpha value is -9.64. The monoisotopic (exact) mass is 916 g/mol. The zero-order valence-corrected chi connectivity index (χ0v) is 39.2. The zero-order chi connectivity index (χ0) is 47.3. The topological polar surface area (TPSA) is 16.3 Å². The summed E-state index contributed by atoms with van der Waals surface area (Å²) in [5, 5.41) is 9.79. The van der Waals surface area contributed by atoms with Crippen molar-refractivity contribution in [3.8, 4) is 33.6 Å². The summed E-state index contributed by atoms with van der Waals surface area (Å²) in [5.74, 6) is 0. The summed E-state index contributed by atoms with van der Waals surface area (Å²) >= 11 is 0. The number of rotatable bonds is 8. The van der Waals surface area contributed by atoms with Crippen LogP contribution >= 0.6 is 0 Å². The predicted octanol–water partition coefficient (Wildman–Crippen LogP) is 18.8. The molecule has 0 aliphatic heterocycles. The first kappa shape index (κ1) is 40.3. The molecule has 1 aliphatic carbocycles. The molecule has 2 aromatic heterocycles. The van der Waals surface area contributed by atoms with E-state index in [0.717, 1.165) is 45.5 Å². The van der Waals surface area contributed by atoms with Crippen LogP contribution in [0.2, 0.25) is 0 Å². The Bertz CT molecular complexity index is 4150. The minimum absolute atomic E-state index is 1.10. The maximum absolute atomic E-state index is 2.43. The molecule has 0 saturated heterocycles.